The van der Waals surface area contributed by atoms with Crippen LogP contribution in [0.2, 0.25) is 0 Å². The third kappa shape index (κ3) is 2.46. The second-order valence-corrected chi connectivity index (χ2v) is 7.92. The number of hydrogen-bond donors (Lipinski definition) is 2. The van der Waals surface area contributed by atoms with E-state index >= 15 is 0 Å². The van der Waals surface area contributed by atoms with Crippen molar-refractivity contribution < 1.29 is 24.0 Å². The Morgan fingerprint density at radius 3 is 2.20 bits per heavy atom. The average molecular weight is 346 g/mol. The molecule has 0 saturated carbocycles. The van der Waals surface area contributed by atoms with Crippen LogP contribution in [0.4, 0.5) is 4.79 Å². The van der Waals surface area contributed by atoms with Gasteiger partial charge < -0.3 is 10.8 Å². The molecule has 1 unspecified atom stereocenters. The molecular formula is C18H24N3O4+. The van der Waals surface area contributed by atoms with Gasteiger partial charge in [-0.05, 0) is 32.9 Å². The van der Waals surface area contributed by atoms with Gasteiger partial charge in [0.15, 0.2) is 0 Å². The number of likely N-dealkylation sites (tertiary alicyclic amines) is 1. The predicted molar refractivity (Wildman–Crippen MR) is 91.1 cm³/mol. The number of carbonyl (C=O) groups is 3. The topological polar surface area (TPSA) is 101 Å². The fraction of sp³-hybridized carbons (Fsp3) is 0.500. The van der Waals surface area contributed by atoms with Crippen molar-refractivity contribution in [3.8, 4) is 0 Å². The summed E-state index contributed by atoms with van der Waals surface area (Å²) in [4.78, 5) is 38.6. The lowest BCUT2D eigenvalue weighted by Gasteiger charge is -2.45. The number of quaternary nitrogens is 1. The first-order valence-electron chi connectivity index (χ1n) is 8.41. The smallest absolute Gasteiger partial charge is 0.435 e. The fourth-order valence-electron chi connectivity index (χ4n) is 4.30. The van der Waals surface area contributed by atoms with E-state index in [-0.39, 0.29) is 35.4 Å². The van der Waals surface area contributed by atoms with E-state index in [2.05, 4.69) is 0 Å². The lowest BCUT2D eigenvalue weighted by atomic mass is 9.99. The van der Waals surface area contributed by atoms with E-state index in [4.69, 9.17) is 5.73 Å². The number of nitrogens with zero attached hydrogens (tertiary/aromatic N) is 2. The molecule has 0 bridgehead atoms. The van der Waals surface area contributed by atoms with Crippen LogP contribution in [0, 0.1) is 0 Å². The number of carboxylic acid groups (broad SMARTS) is 1. The standard InChI is InChI=1S/C18H23N3O4/c1-18(2,3)21(17(24)25)10-11(19)8-12(21)9-20-15(22)13-6-4-5-7-14(13)16(20)23/h4-7,11-12H,8-10,19H2,1-3H3/p+1/t11-,12-,21?/m1/s1. The Morgan fingerprint density at radius 1 is 1.24 bits per heavy atom. The first-order chi connectivity index (χ1) is 11.6. The summed E-state index contributed by atoms with van der Waals surface area (Å²) in [7, 11) is 0. The molecule has 3 rings (SSSR count). The fourth-order valence-corrected chi connectivity index (χ4v) is 4.30. The van der Waals surface area contributed by atoms with E-state index in [0.717, 1.165) is 0 Å². The van der Waals surface area contributed by atoms with Gasteiger partial charge in [0.1, 0.15) is 18.1 Å². The minimum Gasteiger partial charge on any atom is -0.435 e. The molecule has 7 nitrogen and oxygen atoms in total. The number of imide groups is 1. The third-order valence-corrected chi connectivity index (χ3v) is 5.53. The van der Waals surface area contributed by atoms with E-state index < -0.39 is 17.7 Å². The number of carbonyl (C=O) groups excluding carboxylic acids is 2. The molecule has 1 aromatic rings. The zero-order valence-electron chi connectivity index (χ0n) is 14.7. The summed E-state index contributed by atoms with van der Waals surface area (Å²) in [5.41, 5.74) is 6.24. The normalized spacial score (nSPS) is 29.2. The summed E-state index contributed by atoms with van der Waals surface area (Å²) in [5.74, 6) is -0.725. The maximum atomic E-state index is 12.6. The summed E-state index contributed by atoms with van der Waals surface area (Å²) >= 11 is 0. The molecule has 7 heteroatoms. The first-order valence-corrected chi connectivity index (χ1v) is 8.41. The molecule has 0 spiro atoms. The van der Waals surface area contributed by atoms with Gasteiger partial charge in [-0.2, -0.15) is 4.79 Å². The van der Waals surface area contributed by atoms with E-state index in [1.807, 2.05) is 20.8 Å². The minimum atomic E-state index is -0.970. The number of fused-ring (bicyclic) bond motifs is 1. The molecule has 0 aromatic heterocycles. The van der Waals surface area contributed by atoms with Gasteiger partial charge in [-0.25, -0.2) is 4.48 Å². The highest BCUT2D eigenvalue weighted by Crippen LogP contribution is 2.38. The number of rotatable bonds is 2. The molecular weight excluding hydrogens is 322 g/mol. The number of amides is 3. The molecule has 134 valence electrons. The van der Waals surface area contributed by atoms with Gasteiger partial charge in [-0.3, -0.25) is 14.5 Å². The maximum Gasteiger partial charge on any atom is 0.514 e. The largest absolute Gasteiger partial charge is 0.514 e. The Morgan fingerprint density at radius 2 is 1.76 bits per heavy atom. The minimum absolute atomic E-state index is 0.0591. The van der Waals surface area contributed by atoms with Gasteiger partial charge in [0.05, 0.1) is 23.7 Å². The van der Waals surface area contributed by atoms with Gasteiger partial charge >= 0.3 is 6.09 Å². The molecule has 0 radical (unpaired) electrons. The van der Waals surface area contributed by atoms with Crippen molar-refractivity contribution in [1.82, 2.24) is 4.90 Å². The SMILES string of the molecule is CC(C)(C)[N+]1(C(=O)O)C[C@H](N)C[C@@H]1CN1C(=O)c2ccccc2C1=O. The maximum absolute atomic E-state index is 12.6. The van der Waals surface area contributed by atoms with Gasteiger partial charge in [0.2, 0.25) is 0 Å². The number of hydrogen-bond acceptors (Lipinski definition) is 4. The van der Waals surface area contributed by atoms with Crippen LogP contribution < -0.4 is 5.73 Å². The number of benzene rings is 1. The Bertz CT molecular complexity index is 720. The lowest BCUT2D eigenvalue weighted by molar-refractivity contribution is -0.914. The van der Waals surface area contributed by atoms with E-state index in [9.17, 15) is 19.5 Å². The van der Waals surface area contributed by atoms with Gasteiger partial charge in [0, 0.05) is 6.42 Å². The Kier molecular flexibility index (Phi) is 3.96. The van der Waals surface area contributed by atoms with Crippen molar-refractivity contribution in [1.29, 1.82) is 0 Å². The van der Waals surface area contributed by atoms with Crippen molar-refractivity contribution in [3.05, 3.63) is 35.4 Å². The molecule has 3 N–H and O–H groups in total. The Balaban J connectivity index is 1.96. The van der Waals surface area contributed by atoms with Crippen molar-refractivity contribution in [2.45, 2.75) is 44.8 Å². The molecule has 1 aromatic carbocycles. The van der Waals surface area contributed by atoms with Crippen LogP contribution in [-0.2, 0) is 0 Å². The molecule has 2 aliphatic rings. The summed E-state index contributed by atoms with van der Waals surface area (Å²) in [6, 6.07) is 5.96. The highest BCUT2D eigenvalue weighted by atomic mass is 16.4. The molecule has 1 fully saturated rings. The van der Waals surface area contributed by atoms with E-state index in [1.165, 1.54) is 4.90 Å². The zero-order chi connectivity index (χ0) is 18.6. The van der Waals surface area contributed by atoms with E-state index in [1.54, 1.807) is 24.3 Å². The third-order valence-electron chi connectivity index (χ3n) is 5.53. The van der Waals surface area contributed by atoms with Crippen LogP contribution in [0.3, 0.4) is 0 Å². The monoisotopic (exact) mass is 346 g/mol. The molecule has 3 amide bonds. The highest BCUT2D eigenvalue weighted by molar-refractivity contribution is 6.21. The van der Waals surface area contributed by atoms with Crippen LogP contribution in [0.1, 0.15) is 47.9 Å². The molecule has 2 aliphatic heterocycles. The second kappa shape index (κ2) is 5.64. The zero-order valence-corrected chi connectivity index (χ0v) is 14.7. The first kappa shape index (κ1) is 17.6. The average Bonchev–Trinajstić information content (AvgIpc) is 2.99. The number of nitrogens with two attached hydrogens (primary N) is 1. The van der Waals surface area contributed by atoms with Crippen molar-refractivity contribution >= 4 is 17.9 Å². The van der Waals surface area contributed by atoms with Crippen LogP contribution in [0.5, 0.6) is 0 Å². The van der Waals surface area contributed by atoms with Gasteiger partial charge in [-0.15, -0.1) is 0 Å². The summed E-state index contributed by atoms with van der Waals surface area (Å²) in [6.07, 6.45) is -0.515. The quantitative estimate of drug-likeness (QED) is 0.627. The Labute approximate surface area is 146 Å². The molecule has 2 heterocycles. The summed E-state index contributed by atoms with van der Waals surface area (Å²) in [6.45, 7) is 5.91. The van der Waals surface area contributed by atoms with Crippen LogP contribution in [-0.4, -0.2) is 63.1 Å². The lowest BCUT2D eigenvalue weighted by Crippen LogP contribution is -2.68. The second-order valence-electron chi connectivity index (χ2n) is 7.92. The predicted octanol–water partition coefficient (Wildman–Crippen LogP) is 1.68. The summed E-state index contributed by atoms with van der Waals surface area (Å²) < 4.78 is -0.248. The van der Waals surface area contributed by atoms with Crippen LogP contribution >= 0.6 is 0 Å². The molecule has 25 heavy (non-hydrogen) atoms. The van der Waals surface area contributed by atoms with Crippen LogP contribution in [0.15, 0.2) is 24.3 Å². The Hall–Kier alpha value is -2.25. The van der Waals surface area contributed by atoms with Gasteiger partial charge in [0.25, 0.3) is 11.8 Å². The summed E-state index contributed by atoms with van der Waals surface area (Å²) in [5, 5.41) is 10.00. The molecule has 1 saturated heterocycles. The van der Waals surface area contributed by atoms with Crippen LogP contribution in [0.25, 0.3) is 0 Å². The van der Waals surface area contributed by atoms with Crippen molar-refractivity contribution in [2.75, 3.05) is 13.1 Å². The molecule has 3 atom stereocenters. The van der Waals surface area contributed by atoms with Crippen molar-refractivity contribution in [2.24, 2.45) is 5.73 Å². The van der Waals surface area contributed by atoms with E-state index in [0.29, 0.717) is 17.5 Å². The van der Waals surface area contributed by atoms with Crippen molar-refractivity contribution in [3.63, 3.8) is 0 Å². The van der Waals surface area contributed by atoms with Gasteiger partial charge in [-0.1, -0.05) is 12.1 Å². The highest BCUT2D eigenvalue weighted by Gasteiger charge is 2.59. The molecule has 0 aliphatic carbocycles.